The average Bonchev–Trinajstić information content (AvgIpc) is 3.28. The average molecular weight is 363 g/mol. The first-order chi connectivity index (χ1) is 12.3. The van der Waals surface area contributed by atoms with Crippen molar-refractivity contribution in [3.63, 3.8) is 0 Å². The fourth-order valence-corrected chi connectivity index (χ4v) is 2.33. The van der Waals surface area contributed by atoms with Crippen molar-refractivity contribution in [2.45, 2.75) is 13.8 Å². The molecule has 26 heavy (non-hydrogen) atoms. The molecule has 0 radical (unpaired) electrons. The second kappa shape index (κ2) is 7.27. The van der Waals surface area contributed by atoms with Crippen LogP contribution in [0.4, 0.5) is 0 Å². The third-order valence-corrected chi connectivity index (χ3v) is 4.05. The molecule has 0 aliphatic rings. The summed E-state index contributed by atoms with van der Waals surface area (Å²) in [5.41, 5.74) is 1.01. The number of rotatable bonds is 4. The number of carbonyl (C=O) groups excluding carboxylic acids is 2. The number of ketones is 2. The number of hydrogen-bond acceptors (Lipinski definition) is 7. The minimum atomic E-state index is -0.648. The summed E-state index contributed by atoms with van der Waals surface area (Å²) in [7, 11) is 4.36. The Morgan fingerprint density at radius 2 is 1.50 bits per heavy atom. The maximum absolute atomic E-state index is 12.7. The summed E-state index contributed by atoms with van der Waals surface area (Å²) in [4.78, 5) is 37.2. The highest BCUT2D eigenvalue weighted by atomic mass is 16.7. The van der Waals surface area contributed by atoms with Crippen molar-refractivity contribution in [3.05, 3.63) is 51.2 Å². The normalized spacial score (nSPS) is 10.4. The Kier molecular flexibility index (Phi) is 5.31. The largest absolute Gasteiger partial charge is 0.400 e. The summed E-state index contributed by atoms with van der Waals surface area (Å²) in [6, 6.07) is 0. The maximum atomic E-state index is 12.7. The number of aromatic amines is 1. The second-order valence-corrected chi connectivity index (χ2v) is 5.37. The van der Waals surface area contributed by atoms with E-state index in [1.54, 1.807) is 27.9 Å². The first kappa shape index (κ1) is 19.0. The number of aryl methyl sites for hydroxylation is 2. The number of nitrogens with one attached hydrogen (secondary N) is 1. The van der Waals surface area contributed by atoms with Gasteiger partial charge in [-0.2, -0.15) is 10.2 Å². The quantitative estimate of drug-likeness (QED) is 0.605. The molecule has 0 amide bonds. The topological polar surface area (TPSA) is 142 Å². The van der Waals surface area contributed by atoms with E-state index in [0.717, 1.165) is 7.11 Å². The molecule has 11 heteroatoms. The van der Waals surface area contributed by atoms with Crippen LogP contribution in [-0.2, 0) is 14.1 Å². The van der Waals surface area contributed by atoms with Gasteiger partial charge in [0.25, 0.3) is 5.69 Å². The van der Waals surface area contributed by atoms with E-state index in [1.165, 1.54) is 21.8 Å². The molecule has 3 rings (SSSR count). The van der Waals surface area contributed by atoms with Crippen LogP contribution in [0.1, 0.15) is 43.5 Å². The van der Waals surface area contributed by atoms with Crippen LogP contribution in [0.25, 0.3) is 0 Å². The highest BCUT2D eigenvalue weighted by Crippen LogP contribution is 2.17. The van der Waals surface area contributed by atoms with E-state index in [4.69, 9.17) is 5.11 Å². The molecule has 3 aromatic heterocycles. The van der Waals surface area contributed by atoms with E-state index in [2.05, 4.69) is 20.0 Å². The Labute approximate surface area is 147 Å². The number of H-pyrrole nitrogens is 1. The Morgan fingerprint density at radius 3 is 1.92 bits per heavy atom. The third kappa shape index (κ3) is 2.99. The molecule has 0 atom stereocenters. The zero-order chi connectivity index (χ0) is 19.6. The van der Waals surface area contributed by atoms with Gasteiger partial charge >= 0.3 is 5.69 Å². The zero-order valence-electron chi connectivity index (χ0n) is 15.0. The van der Waals surface area contributed by atoms with E-state index >= 15 is 0 Å². The van der Waals surface area contributed by atoms with E-state index in [-0.39, 0.29) is 21.4 Å². The van der Waals surface area contributed by atoms with Crippen molar-refractivity contribution in [2.75, 3.05) is 7.11 Å². The fourth-order valence-electron chi connectivity index (χ4n) is 2.33. The van der Waals surface area contributed by atoms with Gasteiger partial charge in [0.05, 0.1) is 23.5 Å². The lowest BCUT2D eigenvalue weighted by Crippen LogP contribution is -2.24. The number of nitrogens with zero attached hydrogens (tertiary/aromatic N) is 5. The maximum Gasteiger partial charge on any atom is 0.324 e. The Bertz CT molecular complexity index is 1020. The molecular weight excluding hydrogens is 344 g/mol. The highest BCUT2D eigenvalue weighted by molar-refractivity contribution is 6.17. The van der Waals surface area contributed by atoms with E-state index in [9.17, 15) is 14.5 Å². The van der Waals surface area contributed by atoms with Crippen LogP contribution in [-0.4, -0.2) is 48.5 Å². The fraction of sp³-hybridized carbons (Fsp3) is 0.333. The summed E-state index contributed by atoms with van der Waals surface area (Å²) in [5.74, 6) is -1.20. The molecule has 0 saturated carbocycles. The SMILES string of the molecule is CO.Cc1c(C(=O)c2[nH]o[n+](=O)c2C(=O)c2cnn(C)c2C)cnn1C. The molecule has 0 saturated heterocycles. The van der Waals surface area contributed by atoms with Crippen molar-refractivity contribution in [3.8, 4) is 0 Å². The van der Waals surface area contributed by atoms with E-state index in [0.29, 0.717) is 11.4 Å². The molecule has 0 aromatic carbocycles. The predicted octanol–water partition coefficient (Wildman–Crippen LogP) is -0.323. The molecule has 2 N–H and O–H groups in total. The number of carbonyl (C=O) groups is 2. The predicted molar refractivity (Wildman–Crippen MR) is 87.3 cm³/mol. The highest BCUT2D eigenvalue weighted by Gasteiger charge is 2.36. The molecule has 0 bridgehead atoms. The molecule has 0 aliphatic carbocycles. The van der Waals surface area contributed by atoms with Crippen LogP contribution in [0.5, 0.6) is 0 Å². The van der Waals surface area contributed by atoms with E-state index < -0.39 is 17.3 Å². The lowest BCUT2D eigenvalue weighted by atomic mass is 10.0. The minimum Gasteiger partial charge on any atom is -0.400 e. The van der Waals surface area contributed by atoms with Gasteiger partial charge in [0.2, 0.25) is 11.6 Å². The van der Waals surface area contributed by atoms with Crippen LogP contribution >= 0.6 is 0 Å². The summed E-state index contributed by atoms with van der Waals surface area (Å²) in [5, 5.41) is 17.2. The smallest absolute Gasteiger partial charge is 0.324 e. The lowest BCUT2D eigenvalue weighted by Gasteiger charge is -1.97. The monoisotopic (exact) mass is 363 g/mol. The van der Waals surface area contributed by atoms with E-state index in [1.807, 2.05) is 0 Å². The standard InChI is InChI=1S/C14H14N6O4.CH4O/c1-7-9(5-15-18(7)3)13(21)11-12(20(23)24-17-11)14(22)10-6-16-19(4)8(10)2;1-2/h5-6H,1-4H3;2H,1H3/p+1. The molecular formula is C15H19N6O5+. The molecule has 3 aromatic rings. The molecule has 0 unspecified atom stereocenters. The molecule has 138 valence electrons. The summed E-state index contributed by atoms with van der Waals surface area (Å²) in [6.45, 7) is 3.39. The van der Waals surface area contributed by atoms with Crippen molar-refractivity contribution < 1.29 is 23.9 Å². The number of aliphatic hydroxyl groups is 1. The van der Waals surface area contributed by atoms with Gasteiger partial charge in [-0.15, -0.1) is 0 Å². The van der Waals surface area contributed by atoms with Crippen LogP contribution in [0.3, 0.4) is 0 Å². The van der Waals surface area contributed by atoms with Crippen molar-refractivity contribution >= 4 is 11.6 Å². The first-order valence-corrected chi connectivity index (χ1v) is 7.48. The Hall–Kier alpha value is -3.34. The third-order valence-electron chi connectivity index (χ3n) is 4.05. The van der Waals surface area contributed by atoms with Crippen molar-refractivity contribution in [1.82, 2.24) is 24.7 Å². The van der Waals surface area contributed by atoms with Crippen LogP contribution in [0.2, 0.25) is 0 Å². The van der Waals surface area contributed by atoms with Crippen LogP contribution in [0, 0.1) is 18.8 Å². The van der Waals surface area contributed by atoms with Gasteiger partial charge in [0.1, 0.15) is 0 Å². The van der Waals surface area contributed by atoms with Crippen LogP contribution < -0.4 is 4.60 Å². The van der Waals surface area contributed by atoms with Gasteiger partial charge in [-0.25, -0.2) is 0 Å². The van der Waals surface area contributed by atoms with Crippen LogP contribution in [0.15, 0.2) is 17.0 Å². The Morgan fingerprint density at radius 1 is 1.04 bits per heavy atom. The van der Waals surface area contributed by atoms with Gasteiger partial charge in [0.15, 0.2) is 4.60 Å². The minimum absolute atomic E-state index is 0.00624. The molecule has 0 aliphatic heterocycles. The summed E-state index contributed by atoms with van der Waals surface area (Å²) in [6.07, 6.45) is 2.71. The van der Waals surface area contributed by atoms with Gasteiger partial charge < -0.3 is 5.11 Å². The first-order valence-electron chi connectivity index (χ1n) is 7.48. The van der Waals surface area contributed by atoms with Gasteiger partial charge in [0, 0.05) is 32.6 Å². The zero-order valence-corrected chi connectivity index (χ0v) is 15.0. The van der Waals surface area contributed by atoms with Gasteiger partial charge in [-0.3, -0.25) is 19.0 Å². The van der Waals surface area contributed by atoms with Crippen molar-refractivity contribution in [2.24, 2.45) is 14.1 Å². The number of aliphatic hydroxyl groups excluding tert-OH is 1. The Balaban J connectivity index is 0.00000117. The summed E-state index contributed by atoms with van der Waals surface area (Å²) < 4.78 is 7.63. The molecule has 11 nitrogen and oxygen atoms in total. The number of hydrogen-bond donors (Lipinski definition) is 2. The van der Waals surface area contributed by atoms with Gasteiger partial charge in [-0.05, 0) is 18.8 Å². The lowest BCUT2D eigenvalue weighted by molar-refractivity contribution is -0.714. The molecule has 0 spiro atoms. The van der Waals surface area contributed by atoms with Gasteiger partial charge in [-0.1, -0.05) is 9.79 Å². The summed E-state index contributed by atoms with van der Waals surface area (Å²) >= 11 is 0. The molecule has 0 fully saturated rings. The number of aromatic nitrogens is 6. The van der Waals surface area contributed by atoms with Crippen molar-refractivity contribution in [1.29, 1.82) is 0 Å². The second-order valence-electron chi connectivity index (χ2n) is 5.37. The molecule has 3 heterocycles.